The molecule has 0 atom stereocenters. The molecule has 0 fully saturated rings. The van der Waals surface area contributed by atoms with Crippen LogP contribution in [0.1, 0.15) is 5.56 Å². The summed E-state index contributed by atoms with van der Waals surface area (Å²) < 4.78 is 7.87. The first-order valence-corrected chi connectivity index (χ1v) is 8.72. The van der Waals surface area contributed by atoms with Gasteiger partial charge in [0.2, 0.25) is 5.82 Å². The van der Waals surface area contributed by atoms with Gasteiger partial charge in [-0.15, -0.1) is 10.2 Å². The molecule has 0 amide bonds. The number of aromatic amines is 1. The zero-order chi connectivity index (χ0) is 18.2. The van der Waals surface area contributed by atoms with Crippen LogP contribution in [0, 0.1) is 0 Å². The zero-order valence-corrected chi connectivity index (χ0v) is 14.8. The Bertz CT molecular complexity index is 1240. The number of rotatable bonds is 4. The van der Waals surface area contributed by atoms with Crippen LogP contribution in [0.3, 0.4) is 0 Å². The Hall–Kier alpha value is -3.67. The molecule has 0 saturated heterocycles. The monoisotopic (exact) mass is 355 g/mol. The first-order chi connectivity index (χ1) is 13.3. The standard InChI is InChI=1S/C21H17N5O/c1-27-20-9-5-2-6-15(20)13-26-18-8-4-3-7-16(18)17-12-14(10-11-19(17)26)21-22-24-25-23-21/h2-12H,13H2,1H3,(H,22,23,24,25). The average molecular weight is 355 g/mol. The van der Waals surface area contributed by atoms with Crippen LogP contribution < -0.4 is 4.74 Å². The quantitative estimate of drug-likeness (QED) is 0.528. The summed E-state index contributed by atoms with van der Waals surface area (Å²) in [7, 11) is 1.71. The Morgan fingerprint density at radius 2 is 1.74 bits per heavy atom. The van der Waals surface area contributed by atoms with Crippen molar-refractivity contribution < 1.29 is 4.74 Å². The van der Waals surface area contributed by atoms with E-state index in [0.717, 1.165) is 28.9 Å². The number of nitrogens with zero attached hydrogens (tertiary/aromatic N) is 4. The number of methoxy groups -OCH3 is 1. The van der Waals surface area contributed by atoms with Gasteiger partial charge in [-0.2, -0.15) is 5.21 Å². The second-order valence-electron chi connectivity index (χ2n) is 6.38. The lowest BCUT2D eigenvalue weighted by molar-refractivity contribution is 0.409. The maximum Gasteiger partial charge on any atom is 0.204 e. The molecule has 2 heterocycles. The molecule has 1 N–H and O–H groups in total. The first-order valence-electron chi connectivity index (χ1n) is 8.72. The first kappa shape index (κ1) is 15.6. The minimum absolute atomic E-state index is 0.596. The molecule has 0 saturated carbocycles. The Morgan fingerprint density at radius 3 is 2.59 bits per heavy atom. The van der Waals surface area contributed by atoms with E-state index in [0.29, 0.717) is 5.82 Å². The van der Waals surface area contributed by atoms with Crippen LogP contribution in [-0.2, 0) is 6.54 Å². The van der Waals surface area contributed by atoms with Gasteiger partial charge in [-0.3, -0.25) is 0 Å². The Morgan fingerprint density at radius 1 is 0.926 bits per heavy atom. The van der Waals surface area contributed by atoms with Crippen molar-refractivity contribution in [1.29, 1.82) is 0 Å². The molecule has 0 aliphatic carbocycles. The van der Waals surface area contributed by atoms with Gasteiger partial charge in [-0.05, 0) is 35.5 Å². The Labute approximate surface area is 155 Å². The van der Waals surface area contributed by atoms with Crippen molar-refractivity contribution in [2.75, 3.05) is 7.11 Å². The van der Waals surface area contributed by atoms with E-state index < -0.39 is 0 Å². The lowest BCUT2D eigenvalue weighted by Crippen LogP contribution is -2.01. The van der Waals surface area contributed by atoms with Gasteiger partial charge in [0.15, 0.2) is 0 Å². The molecule has 5 aromatic rings. The summed E-state index contributed by atoms with van der Waals surface area (Å²) >= 11 is 0. The lowest BCUT2D eigenvalue weighted by atomic mass is 10.1. The average Bonchev–Trinajstić information content (AvgIpc) is 3.36. The molecule has 0 aliphatic rings. The van der Waals surface area contributed by atoms with Crippen LogP contribution in [0.5, 0.6) is 5.75 Å². The van der Waals surface area contributed by atoms with E-state index in [-0.39, 0.29) is 0 Å². The maximum absolute atomic E-state index is 5.55. The normalized spacial score (nSPS) is 11.3. The number of hydrogen-bond acceptors (Lipinski definition) is 4. The van der Waals surface area contributed by atoms with Crippen molar-refractivity contribution in [3.05, 3.63) is 72.3 Å². The number of nitrogens with one attached hydrogen (secondary N) is 1. The van der Waals surface area contributed by atoms with E-state index in [2.05, 4.69) is 67.7 Å². The lowest BCUT2D eigenvalue weighted by Gasteiger charge is -2.11. The third-order valence-corrected chi connectivity index (χ3v) is 4.90. The fraction of sp³-hybridized carbons (Fsp3) is 0.0952. The Balaban J connectivity index is 1.73. The second-order valence-corrected chi connectivity index (χ2v) is 6.38. The predicted molar refractivity (Wildman–Crippen MR) is 105 cm³/mol. The molecular weight excluding hydrogens is 338 g/mol. The zero-order valence-electron chi connectivity index (χ0n) is 14.8. The number of ether oxygens (including phenoxy) is 1. The maximum atomic E-state index is 5.55. The molecule has 0 radical (unpaired) electrons. The smallest absolute Gasteiger partial charge is 0.204 e. The van der Waals surface area contributed by atoms with Crippen molar-refractivity contribution in [2.45, 2.75) is 6.54 Å². The highest BCUT2D eigenvalue weighted by Gasteiger charge is 2.14. The second kappa shape index (κ2) is 6.25. The molecule has 132 valence electrons. The van der Waals surface area contributed by atoms with Gasteiger partial charge < -0.3 is 9.30 Å². The van der Waals surface area contributed by atoms with E-state index in [1.807, 2.05) is 24.3 Å². The fourth-order valence-electron chi connectivity index (χ4n) is 3.65. The number of H-pyrrole nitrogens is 1. The summed E-state index contributed by atoms with van der Waals surface area (Å²) in [5.41, 5.74) is 4.43. The number of benzene rings is 3. The summed E-state index contributed by atoms with van der Waals surface area (Å²) in [5, 5.41) is 16.8. The molecule has 6 heteroatoms. The number of fused-ring (bicyclic) bond motifs is 3. The van der Waals surface area contributed by atoms with Crippen LogP contribution in [0.15, 0.2) is 66.7 Å². The van der Waals surface area contributed by atoms with E-state index in [9.17, 15) is 0 Å². The van der Waals surface area contributed by atoms with Gasteiger partial charge in [-0.25, -0.2) is 0 Å². The van der Waals surface area contributed by atoms with Crippen LogP contribution in [-0.4, -0.2) is 32.3 Å². The SMILES string of the molecule is COc1ccccc1Cn1c2ccccc2c2cc(-c3nn[nH]n3)ccc21. The molecule has 0 unspecified atom stereocenters. The van der Waals surface area contributed by atoms with E-state index >= 15 is 0 Å². The highest BCUT2D eigenvalue weighted by atomic mass is 16.5. The van der Waals surface area contributed by atoms with Gasteiger partial charge in [0.05, 0.1) is 13.7 Å². The number of aromatic nitrogens is 5. The van der Waals surface area contributed by atoms with E-state index in [4.69, 9.17) is 4.74 Å². The van der Waals surface area contributed by atoms with E-state index in [1.165, 1.54) is 16.3 Å². The summed E-state index contributed by atoms with van der Waals surface area (Å²) in [6, 6.07) is 22.9. The number of hydrogen-bond donors (Lipinski definition) is 1. The number of para-hydroxylation sites is 2. The molecule has 6 nitrogen and oxygen atoms in total. The van der Waals surface area contributed by atoms with Gasteiger partial charge in [0.1, 0.15) is 5.75 Å². The molecule has 5 rings (SSSR count). The van der Waals surface area contributed by atoms with Crippen LogP contribution >= 0.6 is 0 Å². The minimum Gasteiger partial charge on any atom is -0.496 e. The van der Waals surface area contributed by atoms with Gasteiger partial charge in [0, 0.05) is 32.9 Å². The third-order valence-electron chi connectivity index (χ3n) is 4.90. The van der Waals surface area contributed by atoms with E-state index in [1.54, 1.807) is 7.11 Å². The molecule has 0 aliphatic heterocycles. The summed E-state index contributed by atoms with van der Waals surface area (Å²) in [4.78, 5) is 0. The van der Waals surface area contributed by atoms with Crippen LogP contribution in [0.4, 0.5) is 0 Å². The van der Waals surface area contributed by atoms with Gasteiger partial charge in [-0.1, -0.05) is 36.4 Å². The van der Waals surface area contributed by atoms with Crippen LogP contribution in [0.2, 0.25) is 0 Å². The highest BCUT2D eigenvalue weighted by molar-refractivity contribution is 6.09. The van der Waals surface area contributed by atoms with Crippen molar-refractivity contribution in [2.24, 2.45) is 0 Å². The molecule has 0 bridgehead atoms. The highest BCUT2D eigenvalue weighted by Crippen LogP contribution is 2.33. The predicted octanol–water partition coefficient (Wildman–Crippen LogP) is 4.03. The molecular formula is C21H17N5O. The number of tetrazole rings is 1. The van der Waals surface area contributed by atoms with Crippen molar-refractivity contribution in [3.63, 3.8) is 0 Å². The molecule has 3 aromatic carbocycles. The third kappa shape index (κ3) is 2.54. The summed E-state index contributed by atoms with van der Waals surface area (Å²) in [5.74, 6) is 1.49. The fourth-order valence-corrected chi connectivity index (χ4v) is 3.65. The molecule has 0 spiro atoms. The van der Waals surface area contributed by atoms with Crippen molar-refractivity contribution in [1.82, 2.24) is 25.2 Å². The van der Waals surface area contributed by atoms with Crippen molar-refractivity contribution >= 4 is 21.8 Å². The van der Waals surface area contributed by atoms with Crippen LogP contribution in [0.25, 0.3) is 33.2 Å². The molecule has 27 heavy (non-hydrogen) atoms. The summed E-state index contributed by atoms with van der Waals surface area (Å²) in [6.07, 6.45) is 0. The Kier molecular flexibility index (Phi) is 3.60. The largest absolute Gasteiger partial charge is 0.496 e. The summed E-state index contributed by atoms with van der Waals surface area (Å²) in [6.45, 7) is 0.732. The minimum atomic E-state index is 0.596. The topological polar surface area (TPSA) is 68.6 Å². The van der Waals surface area contributed by atoms with Crippen molar-refractivity contribution in [3.8, 4) is 17.1 Å². The van der Waals surface area contributed by atoms with Gasteiger partial charge in [0.25, 0.3) is 0 Å². The molecule has 2 aromatic heterocycles. The van der Waals surface area contributed by atoms with Gasteiger partial charge >= 0.3 is 0 Å².